The van der Waals surface area contributed by atoms with Gasteiger partial charge in [0.2, 0.25) is 0 Å². The molecule has 0 amide bonds. The van der Waals surface area contributed by atoms with E-state index in [-0.39, 0.29) is 11.3 Å². The first-order valence-electron chi connectivity index (χ1n) is 9.83. The highest BCUT2D eigenvalue weighted by Gasteiger charge is 2.38. The molecule has 144 valence electrons. The Hall–Kier alpha value is -0.820. The Bertz CT molecular complexity index is 565. The predicted molar refractivity (Wildman–Crippen MR) is 101 cm³/mol. The lowest BCUT2D eigenvalue weighted by atomic mass is 9.76. The molecule has 3 rings (SSSR count). The van der Waals surface area contributed by atoms with E-state index in [1.165, 1.54) is 19.3 Å². The summed E-state index contributed by atoms with van der Waals surface area (Å²) in [7, 11) is -2.83. The summed E-state index contributed by atoms with van der Waals surface area (Å²) in [6, 6.07) is 0. The molecule has 0 aliphatic carbocycles. The molecule has 0 radical (unpaired) electrons. The van der Waals surface area contributed by atoms with Crippen molar-refractivity contribution < 1.29 is 13.2 Å². The van der Waals surface area contributed by atoms with Crippen LogP contribution in [0.5, 0.6) is 0 Å². The zero-order chi connectivity index (χ0) is 17.8. The molecular weight excluding hydrogens is 338 g/mol. The van der Waals surface area contributed by atoms with Crippen LogP contribution in [0, 0.1) is 11.3 Å². The maximum absolute atomic E-state index is 11.7. The molecule has 1 spiro atoms. The summed E-state index contributed by atoms with van der Waals surface area (Å²) in [4.78, 5) is 7.22. The predicted octanol–water partition coefficient (Wildman–Crippen LogP) is 1.67. The fourth-order valence-electron chi connectivity index (χ4n) is 4.36. The molecule has 2 unspecified atom stereocenters. The van der Waals surface area contributed by atoms with Gasteiger partial charge in [0.05, 0.1) is 18.1 Å². The smallest absolute Gasteiger partial charge is 0.193 e. The largest absolute Gasteiger partial charge is 0.381 e. The molecule has 1 N–H and O–H groups in total. The van der Waals surface area contributed by atoms with Crippen LogP contribution < -0.4 is 5.32 Å². The molecule has 0 bridgehead atoms. The summed E-state index contributed by atoms with van der Waals surface area (Å²) >= 11 is 0. The van der Waals surface area contributed by atoms with Crippen molar-refractivity contribution in [1.29, 1.82) is 0 Å². The summed E-state index contributed by atoms with van der Waals surface area (Å²) in [5.74, 6) is 1.78. The summed E-state index contributed by atoms with van der Waals surface area (Å²) in [5, 5.41) is 3.49. The number of hydrogen-bond donors (Lipinski definition) is 1. The normalized spacial score (nSPS) is 32.9. The number of nitrogens with zero attached hydrogens (tertiary/aromatic N) is 2. The Balaban J connectivity index is 1.65. The first kappa shape index (κ1) is 19.0. The van der Waals surface area contributed by atoms with Crippen LogP contribution >= 0.6 is 0 Å². The lowest BCUT2D eigenvalue weighted by molar-refractivity contribution is -0.0370. The van der Waals surface area contributed by atoms with Gasteiger partial charge in [0.25, 0.3) is 0 Å². The van der Waals surface area contributed by atoms with Crippen molar-refractivity contribution >= 4 is 15.8 Å². The van der Waals surface area contributed by atoms with Gasteiger partial charge < -0.3 is 15.0 Å². The Kier molecular flexibility index (Phi) is 6.25. The van der Waals surface area contributed by atoms with Crippen molar-refractivity contribution in [3.63, 3.8) is 0 Å². The minimum atomic E-state index is -2.83. The third-order valence-electron chi connectivity index (χ3n) is 5.72. The number of likely N-dealkylation sites (tertiary alicyclic amines) is 1. The summed E-state index contributed by atoms with van der Waals surface area (Å²) in [6.07, 6.45) is 6.62. The van der Waals surface area contributed by atoms with Gasteiger partial charge in [-0.1, -0.05) is 6.92 Å². The van der Waals surface area contributed by atoms with E-state index in [2.05, 4.69) is 17.1 Å². The molecule has 0 aromatic heterocycles. The number of piperidine rings is 1. The summed E-state index contributed by atoms with van der Waals surface area (Å²) < 4.78 is 29.1. The molecule has 3 aliphatic heterocycles. The van der Waals surface area contributed by atoms with E-state index in [1.54, 1.807) is 0 Å². The van der Waals surface area contributed by atoms with E-state index in [0.29, 0.717) is 18.1 Å². The van der Waals surface area contributed by atoms with Gasteiger partial charge in [0.1, 0.15) is 0 Å². The summed E-state index contributed by atoms with van der Waals surface area (Å²) in [5.41, 5.74) is 0.280. The first-order chi connectivity index (χ1) is 12.0. The number of guanidine groups is 1. The molecule has 3 fully saturated rings. The topological polar surface area (TPSA) is 71.0 Å². The van der Waals surface area contributed by atoms with Gasteiger partial charge in [0, 0.05) is 38.2 Å². The number of ether oxygens (including phenoxy) is 1. The van der Waals surface area contributed by atoms with Crippen molar-refractivity contribution in [2.24, 2.45) is 16.3 Å². The highest BCUT2D eigenvalue weighted by Crippen LogP contribution is 2.37. The van der Waals surface area contributed by atoms with Crippen molar-refractivity contribution in [3.05, 3.63) is 0 Å². The van der Waals surface area contributed by atoms with Crippen molar-refractivity contribution in [1.82, 2.24) is 10.2 Å². The molecular formula is C18H33N3O3S. The molecule has 3 saturated heterocycles. The monoisotopic (exact) mass is 371 g/mol. The van der Waals surface area contributed by atoms with Crippen molar-refractivity contribution in [3.8, 4) is 0 Å². The molecule has 0 saturated carbocycles. The number of rotatable bonds is 4. The molecule has 3 aliphatic rings. The number of nitrogens with one attached hydrogen (secondary N) is 1. The van der Waals surface area contributed by atoms with Crippen LogP contribution in [0.3, 0.4) is 0 Å². The Morgan fingerprint density at radius 2 is 2.20 bits per heavy atom. The SMILES string of the molecule is CCCNC(=NCC1CCS(=O)(=O)C1)N1CCCC2(CCCOC2)C1. The maximum atomic E-state index is 11.7. The van der Waals surface area contributed by atoms with Crippen LogP contribution in [0.4, 0.5) is 0 Å². The first-order valence-corrected chi connectivity index (χ1v) is 11.7. The third-order valence-corrected chi connectivity index (χ3v) is 7.56. The Morgan fingerprint density at radius 3 is 2.88 bits per heavy atom. The molecule has 25 heavy (non-hydrogen) atoms. The molecule has 0 aromatic carbocycles. The zero-order valence-electron chi connectivity index (χ0n) is 15.5. The molecule has 2 atom stereocenters. The van der Waals surface area contributed by atoms with Crippen LogP contribution in [0.15, 0.2) is 4.99 Å². The third kappa shape index (κ3) is 5.09. The van der Waals surface area contributed by atoms with E-state index >= 15 is 0 Å². The fraction of sp³-hybridized carbons (Fsp3) is 0.944. The van der Waals surface area contributed by atoms with Gasteiger partial charge >= 0.3 is 0 Å². The number of hydrogen-bond acceptors (Lipinski definition) is 4. The van der Waals surface area contributed by atoms with Crippen LogP contribution in [0.1, 0.15) is 45.4 Å². The lowest BCUT2D eigenvalue weighted by Crippen LogP contribution is -2.53. The van der Waals surface area contributed by atoms with E-state index < -0.39 is 9.84 Å². The highest BCUT2D eigenvalue weighted by molar-refractivity contribution is 7.91. The van der Waals surface area contributed by atoms with Gasteiger partial charge in [0.15, 0.2) is 15.8 Å². The quantitative estimate of drug-likeness (QED) is 0.601. The molecule has 7 heteroatoms. The molecule has 3 heterocycles. The van der Waals surface area contributed by atoms with Gasteiger partial charge in [-0.2, -0.15) is 0 Å². The minimum absolute atomic E-state index is 0.181. The van der Waals surface area contributed by atoms with Crippen molar-refractivity contribution in [2.75, 3.05) is 50.9 Å². The maximum Gasteiger partial charge on any atom is 0.193 e. The van der Waals surface area contributed by atoms with E-state index in [0.717, 1.165) is 58.1 Å². The van der Waals surface area contributed by atoms with Gasteiger partial charge in [-0.3, -0.25) is 4.99 Å². The van der Waals surface area contributed by atoms with E-state index in [4.69, 9.17) is 9.73 Å². The highest BCUT2D eigenvalue weighted by atomic mass is 32.2. The standard InChI is InChI=1S/C18H33N3O3S/c1-2-8-19-17(20-12-16-5-11-25(22,23)13-16)21-9-3-6-18(14-21)7-4-10-24-15-18/h16H,2-15H2,1H3,(H,19,20). The van der Waals surface area contributed by atoms with Gasteiger partial charge in [-0.05, 0) is 44.4 Å². The Morgan fingerprint density at radius 1 is 1.36 bits per heavy atom. The van der Waals surface area contributed by atoms with Crippen molar-refractivity contribution in [2.45, 2.75) is 45.4 Å². The van der Waals surface area contributed by atoms with Crippen LogP contribution in [0.2, 0.25) is 0 Å². The average molecular weight is 372 g/mol. The zero-order valence-corrected chi connectivity index (χ0v) is 16.3. The van der Waals surface area contributed by atoms with E-state index in [9.17, 15) is 8.42 Å². The Labute approximate surface area is 152 Å². The van der Waals surface area contributed by atoms with Gasteiger partial charge in [-0.25, -0.2) is 8.42 Å². The lowest BCUT2D eigenvalue weighted by Gasteiger charge is -2.45. The van der Waals surface area contributed by atoms with Crippen LogP contribution in [-0.4, -0.2) is 70.2 Å². The second kappa shape index (κ2) is 8.25. The second-order valence-electron chi connectivity index (χ2n) is 8.04. The molecule has 6 nitrogen and oxygen atoms in total. The van der Waals surface area contributed by atoms with E-state index in [1.807, 2.05) is 0 Å². The second-order valence-corrected chi connectivity index (χ2v) is 10.3. The fourth-order valence-corrected chi connectivity index (χ4v) is 6.21. The van der Waals surface area contributed by atoms with Gasteiger partial charge in [-0.15, -0.1) is 0 Å². The van der Waals surface area contributed by atoms with Crippen LogP contribution in [0.25, 0.3) is 0 Å². The summed E-state index contributed by atoms with van der Waals surface area (Å²) in [6.45, 7) is 7.47. The minimum Gasteiger partial charge on any atom is -0.381 e. The average Bonchev–Trinajstić information content (AvgIpc) is 2.95. The number of aliphatic imine (C=N–C) groups is 1. The van der Waals surface area contributed by atoms with Crippen LogP contribution in [-0.2, 0) is 14.6 Å². The molecule has 0 aromatic rings. The number of sulfone groups is 1.